The maximum atomic E-state index is 12.1. The number of likely N-dealkylation sites (tertiary alicyclic amines) is 1. The molecule has 5 heteroatoms. The number of hydrogen-bond acceptors (Lipinski definition) is 3. The topological polar surface area (TPSA) is 58.4 Å². The van der Waals surface area contributed by atoms with E-state index in [2.05, 4.69) is 5.10 Å². The number of nitrogens with zero attached hydrogens (tertiary/aromatic N) is 3. The Labute approximate surface area is 113 Å². The summed E-state index contributed by atoms with van der Waals surface area (Å²) in [5, 5.41) is 12.9. The Bertz CT molecular complexity index is 453. The number of hydrogen-bond donors (Lipinski definition) is 1. The van der Waals surface area contributed by atoms with Crippen molar-refractivity contribution < 1.29 is 9.90 Å². The van der Waals surface area contributed by atoms with E-state index in [0.29, 0.717) is 0 Å². The van der Waals surface area contributed by atoms with Gasteiger partial charge in [0.05, 0.1) is 6.20 Å². The number of aliphatic hydroxyl groups is 1. The fourth-order valence-corrected chi connectivity index (χ4v) is 2.54. The van der Waals surface area contributed by atoms with Gasteiger partial charge in [0.15, 0.2) is 0 Å². The second kappa shape index (κ2) is 6.52. The van der Waals surface area contributed by atoms with Crippen molar-refractivity contribution in [1.82, 2.24) is 14.7 Å². The predicted octanol–water partition coefficient (Wildman–Crippen LogP) is 1.20. The van der Waals surface area contributed by atoms with Gasteiger partial charge in [0.1, 0.15) is 0 Å². The molecule has 0 aromatic carbocycles. The van der Waals surface area contributed by atoms with Gasteiger partial charge in [0.25, 0.3) is 0 Å². The maximum absolute atomic E-state index is 12.1. The van der Waals surface area contributed by atoms with E-state index >= 15 is 0 Å². The summed E-state index contributed by atoms with van der Waals surface area (Å²) < 4.78 is 1.71. The highest BCUT2D eigenvalue weighted by molar-refractivity contribution is 5.92. The van der Waals surface area contributed by atoms with Gasteiger partial charge in [-0.1, -0.05) is 0 Å². The first kappa shape index (κ1) is 13.8. The highest BCUT2D eigenvalue weighted by Crippen LogP contribution is 2.21. The molecule has 1 saturated heterocycles. The Kier molecular flexibility index (Phi) is 4.74. The quantitative estimate of drug-likeness (QED) is 0.812. The summed E-state index contributed by atoms with van der Waals surface area (Å²) in [6.07, 6.45) is 10.8. The summed E-state index contributed by atoms with van der Waals surface area (Å²) in [7, 11) is 1.85. The van der Waals surface area contributed by atoms with Crippen LogP contribution in [0.4, 0.5) is 0 Å². The van der Waals surface area contributed by atoms with Gasteiger partial charge in [-0.2, -0.15) is 5.10 Å². The van der Waals surface area contributed by atoms with Crippen LogP contribution in [0.25, 0.3) is 6.08 Å². The van der Waals surface area contributed by atoms with E-state index in [4.69, 9.17) is 5.11 Å². The van der Waals surface area contributed by atoms with Crippen LogP contribution in [-0.4, -0.2) is 44.9 Å². The first-order chi connectivity index (χ1) is 9.20. The molecule has 2 heterocycles. The number of carbonyl (C=O) groups is 1. The van der Waals surface area contributed by atoms with E-state index in [0.717, 1.165) is 37.8 Å². The van der Waals surface area contributed by atoms with Gasteiger partial charge in [-0.3, -0.25) is 9.48 Å². The Morgan fingerprint density at radius 1 is 1.63 bits per heavy atom. The maximum Gasteiger partial charge on any atom is 0.246 e. The largest absolute Gasteiger partial charge is 0.396 e. The van der Waals surface area contributed by atoms with Crippen LogP contribution in [0.2, 0.25) is 0 Å². The third-order valence-corrected chi connectivity index (χ3v) is 3.50. The Morgan fingerprint density at radius 2 is 2.47 bits per heavy atom. The van der Waals surface area contributed by atoms with Crippen LogP contribution in [0, 0.1) is 0 Å². The predicted molar refractivity (Wildman–Crippen MR) is 73.3 cm³/mol. The van der Waals surface area contributed by atoms with Gasteiger partial charge in [-0.05, 0) is 31.8 Å². The summed E-state index contributed by atoms with van der Waals surface area (Å²) in [4.78, 5) is 14.1. The van der Waals surface area contributed by atoms with Crippen LogP contribution in [0.15, 0.2) is 18.5 Å². The van der Waals surface area contributed by atoms with Crippen molar-refractivity contribution in [1.29, 1.82) is 0 Å². The number of amides is 1. The third-order valence-electron chi connectivity index (χ3n) is 3.50. The summed E-state index contributed by atoms with van der Waals surface area (Å²) in [6, 6.07) is 0.290. The van der Waals surface area contributed by atoms with Crippen LogP contribution in [-0.2, 0) is 11.8 Å². The smallest absolute Gasteiger partial charge is 0.246 e. The molecule has 0 aliphatic carbocycles. The average molecular weight is 263 g/mol. The lowest BCUT2D eigenvalue weighted by atomic mass is 10.1. The molecule has 1 unspecified atom stereocenters. The summed E-state index contributed by atoms with van der Waals surface area (Å²) >= 11 is 0. The fraction of sp³-hybridized carbons (Fsp3) is 0.571. The monoisotopic (exact) mass is 263 g/mol. The highest BCUT2D eigenvalue weighted by atomic mass is 16.3. The Hall–Kier alpha value is -1.62. The van der Waals surface area contributed by atoms with Crippen molar-refractivity contribution in [2.45, 2.75) is 31.7 Å². The summed E-state index contributed by atoms with van der Waals surface area (Å²) in [5.74, 6) is 0.0595. The van der Waals surface area contributed by atoms with Crippen LogP contribution in [0.1, 0.15) is 31.2 Å². The lowest BCUT2D eigenvalue weighted by molar-refractivity contribution is -0.126. The van der Waals surface area contributed by atoms with E-state index in [1.54, 1.807) is 23.0 Å². The standard InChI is InChI=1S/C14H21N3O2/c1-16-11-12(10-15-16)6-7-14(19)17-8-2-4-13(17)5-3-9-18/h6-7,10-11,13,18H,2-5,8-9H2,1H3. The summed E-state index contributed by atoms with van der Waals surface area (Å²) in [5.41, 5.74) is 0.932. The minimum Gasteiger partial charge on any atom is -0.396 e. The molecule has 1 aromatic rings. The second-order valence-corrected chi connectivity index (χ2v) is 4.97. The Morgan fingerprint density at radius 3 is 3.16 bits per heavy atom. The van der Waals surface area contributed by atoms with E-state index in [9.17, 15) is 4.79 Å². The minimum absolute atomic E-state index is 0.0595. The third kappa shape index (κ3) is 3.67. The molecule has 1 atom stereocenters. The second-order valence-electron chi connectivity index (χ2n) is 4.97. The van der Waals surface area contributed by atoms with E-state index < -0.39 is 0 Å². The lowest BCUT2D eigenvalue weighted by Gasteiger charge is -2.23. The van der Waals surface area contributed by atoms with Gasteiger partial charge in [0, 0.05) is 44.1 Å². The zero-order chi connectivity index (χ0) is 13.7. The molecule has 1 amide bonds. The van der Waals surface area contributed by atoms with Crippen molar-refractivity contribution in [3.05, 3.63) is 24.0 Å². The molecule has 5 nitrogen and oxygen atoms in total. The molecule has 1 aliphatic heterocycles. The zero-order valence-electron chi connectivity index (χ0n) is 11.3. The molecular weight excluding hydrogens is 242 g/mol. The van der Waals surface area contributed by atoms with Crippen molar-refractivity contribution in [2.75, 3.05) is 13.2 Å². The molecule has 1 fully saturated rings. The molecule has 0 saturated carbocycles. The molecule has 1 aliphatic rings. The minimum atomic E-state index is 0.0595. The van der Waals surface area contributed by atoms with E-state index in [1.165, 1.54) is 0 Å². The highest BCUT2D eigenvalue weighted by Gasteiger charge is 2.26. The van der Waals surface area contributed by atoms with Crippen LogP contribution >= 0.6 is 0 Å². The zero-order valence-corrected chi connectivity index (χ0v) is 11.3. The number of aliphatic hydroxyl groups excluding tert-OH is 1. The van der Waals surface area contributed by atoms with E-state index in [1.807, 2.05) is 18.1 Å². The lowest BCUT2D eigenvalue weighted by Crippen LogP contribution is -2.34. The van der Waals surface area contributed by atoms with Crippen LogP contribution < -0.4 is 0 Å². The first-order valence-corrected chi connectivity index (χ1v) is 6.79. The molecule has 1 N–H and O–H groups in total. The van der Waals surface area contributed by atoms with Gasteiger partial charge in [-0.15, -0.1) is 0 Å². The van der Waals surface area contributed by atoms with Gasteiger partial charge in [-0.25, -0.2) is 0 Å². The van der Waals surface area contributed by atoms with Crippen molar-refractivity contribution in [3.8, 4) is 0 Å². The molecule has 19 heavy (non-hydrogen) atoms. The molecular formula is C14H21N3O2. The van der Waals surface area contributed by atoms with Crippen LogP contribution in [0.5, 0.6) is 0 Å². The molecule has 1 aromatic heterocycles. The molecule has 0 radical (unpaired) electrons. The molecule has 104 valence electrons. The molecule has 0 spiro atoms. The van der Waals surface area contributed by atoms with Crippen molar-refractivity contribution in [3.63, 3.8) is 0 Å². The number of aromatic nitrogens is 2. The van der Waals surface area contributed by atoms with Crippen LogP contribution in [0.3, 0.4) is 0 Å². The van der Waals surface area contributed by atoms with Crippen molar-refractivity contribution >= 4 is 12.0 Å². The average Bonchev–Trinajstić information content (AvgIpc) is 3.02. The van der Waals surface area contributed by atoms with Gasteiger partial charge >= 0.3 is 0 Å². The van der Waals surface area contributed by atoms with Gasteiger partial charge < -0.3 is 10.0 Å². The SMILES string of the molecule is Cn1cc(C=CC(=O)N2CCCC2CCCO)cn1. The Balaban J connectivity index is 1.93. The normalized spacial score (nSPS) is 19.5. The fourth-order valence-electron chi connectivity index (χ4n) is 2.54. The summed E-state index contributed by atoms with van der Waals surface area (Å²) in [6.45, 7) is 1.02. The number of aryl methyl sites for hydroxylation is 1. The number of rotatable bonds is 5. The van der Waals surface area contributed by atoms with Crippen molar-refractivity contribution in [2.24, 2.45) is 7.05 Å². The van der Waals surface area contributed by atoms with Gasteiger partial charge in [0.2, 0.25) is 5.91 Å². The van der Waals surface area contributed by atoms with E-state index in [-0.39, 0.29) is 18.6 Å². The first-order valence-electron chi connectivity index (χ1n) is 6.79. The molecule has 0 bridgehead atoms. The number of carbonyl (C=O) groups excluding carboxylic acids is 1. The molecule has 2 rings (SSSR count).